The quantitative estimate of drug-likeness (QED) is 0.842. The van der Waals surface area contributed by atoms with Crippen LogP contribution in [0.2, 0.25) is 0 Å². The summed E-state index contributed by atoms with van der Waals surface area (Å²) in [5, 5.41) is 0. The number of hydrogen-bond donors (Lipinski definition) is 0. The van der Waals surface area contributed by atoms with E-state index in [2.05, 4.69) is 13.0 Å². The summed E-state index contributed by atoms with van der Waals surface area (Å²) in [7, 11) is 0. The summed E-state index contributed by atoms with van der Waals surface area (Å²) in [6.45, 7) is 6.33. The van der Waals surface area contributed by atoms with Crippen molar-refractivity contribution in [2.75, 3.05) is 24.5 Å². The molecule has 22 heavy (non-hydrogen) atoms. The number of benzene rings is 1. The van der Waals surface area contributed by atoms with E-state index in [-0.39, 0.29) is 17.7 Å². The molecule has 1 aromatic carbocycles. The molecule has 2 heterocycles. The van der Waals surface area contributed by atoms with Crippen molar-refractivity contribution in [1.82, 2.24) is 4.90 Å². The molecule has 0 aliphatic carbocycles. The molecule has 1 atom stereocenters. The topological polar surface area (TPSA) is 40.6 Å². The third-order valence-corrected chi connectivity index (χ3v) is 5.01. The van der Waals surface area contributed by atoms with Crippen molar-refractivity contribution in [3.8, 4) is 0 Å². The summed E-state index contributed by atoms with van der Waals surface area (Å²) in [6, 6.07) is 6.01. The molecule has 2 aliphatic rings. The van der Waals surface area contributed by atoms with Crippen molar-refractivity contribution < 1.29 is 9.59 Å². The second kappa shape index (κ2) is 6.11. The van der Waals surface area contributed by atoms with Crippen LogP contribution in [-0.4, -0.2) is 36.3 Å². The van der Waals surface area contributed by atoms with E-state index in [4.69, 9.17) is 0 Å². The van der Waals surface area contributed by atoms with E-state index in [1.54, 1.807) is 4.90 Å². The van der Waals surface area contributed by atoms with Crippen molar-refractivity contribution >= 4 is 17.5 Å². The number of aryl methyl sites for hydroxylation is 1. The molecule has 0 aromatic heterocycles. The van der Waals surface area contributed by atoms with Gasteiger partial charge in [0.2, 0.25) is 11.8 Å². The standard InChI is InChI=1S/C18H24N2O2/c1-13-7-6-8-16(14(13)2)20-12-15(11-17(20)21)18(22)19-9-4-3-5-10-19/h6-8,15H,3-5,9-12H2,1-2H3. The Morgan fingerprint density at radius 2 is 1.86 bits per heavy atom. The minimum Gasteiger partial charge on any atom is -0.342 e. The number of rotatable bonds is 2. The molecule has 4 heteroatoms. The molecule has 0 bridgehead atoms. The van der Waals surface area contributed by atoms with Crippen LogP contribution in [0.3, 0.4) is 0 Å². The van der Waals surface area contributed by atoms with Gasteiger partial charge >= 0.3 is 0 Å². The minimum absolute atomic E-state index is 0.0732. The van der Waals surface area contributed by atoms with E-state index in [0.29, 0.717) is 13.0 Å². The predicted molar refractivity (Wildman–Crippen MR) is 86.8 cm³/mol. The zero-order valence-corrected chi connectivity index (χ0v) is 13.5. The SMILES string of the molecule is Cc1cccc(N2CC(C(=O)N3CCCCC3)CC2=O)c1C. The molecule has 0 N–H and O–H groups in total. The summed E-state index contributed by atoms with van der Waals surface area (Å²) >= 11 is 0. The van der Waals surface area contributed by atoms with Crippen LogP contribution >= 0.6 is 0 Å². The van der Waals surface area contributed by atoms with E-state index >= 15 is 0 Å². The third-order valence-electron chi connectivity index (χ3n) is 5.01. The maximum Gasteiger partial charge on any atom is 0.228 e. The summed E-state index contributed by atoms with van der Waals surface area (Å²) < 4.78 is 0. The fourth-order valence-electron chi connectivity index (χ4n) is 3.51. The van der Waals surface area contributed by atoms with Gasteiger partial charge in [-0.05, 0) is 50.3 Å². The van der Waals surface area contributed by atoms with Gasteiger partial charge in [0.05, 0.1) is 5.92 Å². The van der Waals surface area contributed by atoms with Crippen LogP contribution < -0.4 is 4.90 Å². The van der Waals surface area contributed by atoms with Gasteiger partial charge in [-0.2, -0.15) is 0 Å². The first-order valence-corrected chi connectivity index (χ1v) is 8.23. The molecule has 118 valence electrons. The van der Waals surface area contributed by atoms with Gasteiger partial charge in [-0.25, -0.2) is 0 Å². The average Bonchev–Trinajstić information content (AvgIpc) is 2.92. The zero-order chi connectivity index (χ0) is 15.7. The second-order valence-corrected chi connectivity index (χ2v) is 6.51. The summed E-state index contributed by atoms with van der Waals surface area (Å²) in [6.07, 6.45) is 3.74. The van der Waals surface area contributed by atoms with Gasteiger partial charge in [-0.15, -0.1) is 0 Å². The van der Waals surface area contributed by atoms with Gasteiger partial charge in [0.25, 0.3) is 0 Å². The molecule has 2 amide bonds. The molecule has 2 saturated heterocycles. The summed E-state index contributed by atoms with van der Waals surface area (Å²) in [5.41, 5.74) is 3.26. The van der Waals surface area contributed by atoms with Crippen molar-refractivity contribution in [1.29, 1.82) is 0 Å². The number of piperidine rings is 1. The maximum absolute atomic E-state index is 12.6. The van der Waals surface area contributed by atoms with Gasteiger partial charge in [0.15, 0.2) is 0 Å². The van der Waals surface area contributed by atoms with Gasteiger partial charge in [0.1, 0.15) is 0 Å². The van der Waals surface area contributed by atoms with E-state index in [0.717, 1.165) is 37.2 Å². The second-order valence-electron chi connectivity index (χ2n) is 6.51. The Bertz CT molecular complexity index is 591. The van der Waals surface area contributed by atoms with E-state index in [9.17, 15) is 9.59 Å². The molecule has 3 rings (SSSR count). The number of carbonyl (C=O) groups excluding carboxylic acids is 2. The normalized spacial score (nSPS) is 22.3. The average molecular weight is 300 g/mol. The first-order valence-electron chi connectivity index (χ1n) is 8.23. The summed E-state index contributed by atoms with van der Waals surface area (Å²) in [5.74, 6) is 0.0652. The molecule has 2 aliphatic heterocycles. The summed E-state index contributed by atoms with van der Waals surface area (Å²) in [4.78, 5) is 28.8. The molecule has 1 aromatic rings. The number of likely N-dealkylation sites (tertiary alicyclic amines) is 1. The zero-order valence-electron chi connectivity index (χ0n) is 13.5. The molecular weight excluding hydrogens is 276 g/mol. The van der Waals surface area contributed by atoms with Gasteiger partial charge < -0.3 is 9.80 Å². The van der Waals surface area contributed by atoms with Crippen LogP contribution in [0, 0.1) is 19.8 Å². The Morgan fingerprint density at radius 3 is 2.59 bits per heavy atom. The fourth-order valence-corrected chi connectivity index (χ4v) is 3.51. The monoisotopic (exact) mass is 300 g/mol. The Labute approximate surface area is 132 Å². The highest BCUT2D eigenvalue weighted by molar-refractivity contribution is 6.00. The first-order chi connectivity index (χ1) is 10.6. The lowest BCUT2D eigenvalue weighted by Crippen LogP contribution is -2.40. The molecule has 0 radical (unpaired) electrons. The van der Waals surface area contributed by atoms with E-state index in [1.807, 2.05) is 24.0 Å². The predicted octanol–water partition coefficient (Wildman–Crippen LogP) is 2.67. The van der Waals surface area contributed by atoms with Crippen molar-refractivity contribution in [2.45, 2.75) is 39.5 Å². The smallest absolute Gasteiger partial charge is 0.228 e. The number of anilines is 1. The van der Waals surface area contributed by atoms with E-state index < -0.39 is 0 Å². The molecule has 0 spiro atoms. The third kappa shape index (κ3) is 2.74. The van der Waals surface area contributed by atoms with Crippen molar-refractivity contribution in [3.05, 3.63) is 29.3 Å². The van der Waals surface area contributed by atoms with Crippen molar-refractivity contribution in [2.24, 2.45) is 5.92 Å². The first kappa shape index (κ1) is 15.1. The number of hydrogen-bond acceptors (Lipinski definition) is 2. The highest BCUT2D eigenvalue weighted by atomic mass is 16.2. The Hall–Kier alpha value is -1.84. The molecule has 2 fully saturated rings. The number of amides is 2. The van der Waals surface area contributed by atoms with Crippen LogP contribution in [0.1, 0.15) is 36.8 Å². The highest BCUT2D eigenvalue weighted by Crippen LogP contribution is 2.30. The molecular formula is C18H24N2O2. The Morgan fingerprint density at radius 1 is 1.14 bits per heavy atom. The maximum atomic E-state index is 12.6. The van der Waals surface area contributed by atoms with Crippen LogP contribution in [0.15, 0.2) is 18.2 Å². The van der Waals surface area contributed by atoms with Crippen LogP contribution in [0.4, 0.5) is 5.69 Å². The molecule has 0 saturated carbocycles. The van der Waals surface area contributed by atoms with Gasteiger partial charge in [-0.3, -0.25) is 9.59 Å². The fraction of sp³-hybridized carbons (Fsp3) is 0.556. The Balaban J connectivity index is 1.75. The lowest BCUT2D eigenvalue weighted by Gasteiger charge is -2.29. The number of carbonyl (C=O) groups is 2. The Kier molecular flexibility index (Phi) is 4.19. The van der Waals surface area contributed by atoms with Gasteiger partial charge in [0, 0.05) is 31.7 Å². The number of nitrogens with zero attached hydrogens (tertiary/aromatic N) is 2. The van der Waals surface area contributed by atoms with E-state index in [1.165, 1.54) is 12.0 Å². The lowest BCUT2D eigenvalue weighted by atomic mass is 10.0. The van der Waals surface area contributed by atoms with Crippen LogP contribution in [0.25, 0.3) is 0 Å². The largest absolute Gasteiger partial charge is 0.342 e. The molecule has 1 unspecified atom stereocenters. The minimum atomic E-state index is -0.175. The highest BCUT2D eigenvalue weighted by Gasteiger charge is 2.37. The van der Waals surface area contributed by atoms with Crippen LogP contribution in [-0.2, 0) is 9.59 Å². The van der Waals surface area contributed by atoms with Gasteiger partial charge in [-0.1, -0.05) is 12.1 Å². The van der Waals surface area contributed by atoms with Crippen LogP contribution in [0.5, 0.6) is 0 Å². The molecule has 4 nitrogen and oxygen atoms in total. The lowest BCUT2D eigenvalue weighted by molar-refractivity contribution is -0.136. The van der Waals surface area contributed by atoms with Crippen molar-refractivity contribution in [3.63, 3.8) is 0 Å².